The van der Waals surface area contributed by atoms with E-state index in [1.54, 1.807) is 0 Å². The number of rotatable bonds is 4. The Morgan fingerprint density at radius 3 is 1.80 bits per heavy atom. The Labute approximate surface area is 282 Å². The molecule has 0 N–H and O–H groups in total. The normalized spacial score (nSPS) is 11.7. The second kappa shape index (κ2) is 11.0. The number of benzene rings is 8. The number of fused-ring (bicyclic) bond motifs is 7. The van der Waals surface area contributed by atoms with E-state index >= 15 is 0 Å². The molecule has 2 aromatic heterocycles. The number of aromatic nitrogens is 3. The summed E-state index contributed by atoms with van der Waals surface area (Å²) in [6, 6.07) is 56.9. The van der Waals surface area contributed by atoms with Crippen LogP contribution < -0.4 is 0 Å². The minimum Gasteiger partial charge on any atom is -0.456 e. The van der Waals surface area contributed by atoms with Gasteiger partial charge in [0.2, 0.25) is 0 Å². The van der Waals surface area contributed by atoms with Crippen LogP contribution >= 0.6 is 0 Å². The molecule has 10 rings (SSSR count). The average molecular weight is 626 g/mol. The maximum Gasteiger partial charge on any atom is 0.164 e. The minimum absolute atomic E-state index is 0.598. The van der Waals surface area contributed by atoms with E-state index in [1.807, 2.05) is 42.5 Å². The molecule has 2 heterocycles. The van der Waals surface area contributed by atoms with Crippen LogP contribution in [0, 0.1) is 0 Å². The van der Waals surface area contributed by atoms with Crippen LogP contribution in [0.5, 0.6) is 0 Å². The molecule has 0 bridgehead atoms. The van der Waals surface area contributed by atoms with Gasteiger partial charge in [-0.2, -0.15) is 0 Å². The van der Waals surface area contributed by atoms with E-state index in [9.17, 15) is 0 Å². The molecule has 0 aliphatic heterocycles. The van der Waals surface area contributed by atoms with Gasteiger partial charge in [0, 0.05) is 27.5 Å². The third kappa shape index (κ3) is 4.57. The van der Waals surface area contributed by atoms with Gasteiger partial charge in [-0.25, -0.2) is 15.0 Å². The maximum absolute atomic E-state index is 6.58. The van der Waals surface area contributed by atoms with Gasteiger partial charge in [0.05, 0.1) is 0 Å². The van der Waals surface area contributed by atoms with Crippen molar-refractivity contribution in [3.63, 3.8) is 0 Å². The molecular weight excluding hydrogens is 599 g/mol. The molecule has 8 aromatic carbocycles. The first-order valence-electron chi connectivity index (χ1n) is 16.4. The first-order valence-corrected chi connectivity index (χ1v) is 16.4. The number of nitrogens with zero attached hydrogens (tertiary/aromatic N) is 3. The van der Waals surface area contributed by atoms with Crippen LogP contribution in [-0.4, -0.2) is 15.0 Å². The van der Waals surface area contributed by atoms with Crippen LogP contribution in [0.3, 0.4) is 0 Å². The maximum atomic E-state index is 6.58. The van der Waals surface area contributed by atoms with E-state index in [1.165, 1.54) is 26.9 Å². The van der Waals surface area contributed by atoms with Gasteiger partial charge < -0.3 is 4.42 Å². The van der Waals surface area contributed by atoms with E-state index in [0.717, 1.165) is 55.1 Å². The Hall–Kier alpha value is -6.65. The SMILES string of the molecule is c1ccc(-c2nc(-c3ccc4ccccc4c3)nc(-c3cc(-c4cc5ccccc5c5ccccc45)cc4oc5ccccc5c34)n2)cc1. The Bertz CT molecular complexity index is 2890. The van der Waals surface area contributed by atoms with Gasteiger partial charge >= 0.3 is 0 Å². The number of para-hydroxylation sites is 1. The highest BCUT2D eigenvalue weighted by atomic mass is 16.3. The Morgan fingerprint density at radius 2 is 0.959 bits per heavy atom. The second-order valence-corrected chi connectivity index (χ2v) is 12.4. The number of hydrogen-bond donors (Lipinski definition) is 0. The molecular formula is C45H27N3O. The van der Waals surface area contributed by atoms with E-state index in [0.29, 0.717) is 17.5 Å². The number of hydrogen-bond acceptors (Lipinski definition) is 4. The first-order chi connectivity index (χ1) is 24.3. The zero-order valence-corrected chi connectivity index (χ0v) is 26.3. The minimum atomic E-state index is 0.598. The molecule has 4 nitrogen and oxygen atoms in total. The lowest BCUT2D eigenvalue weighted by Gasteiger charge is -2.14. The molecule has 0 saturated heterocycles. The van der Waals surface area contributed by atoms with E-state index < -0.39 is 0 Å². The van der Waals surface area contributed by atoms with Crippen molar-refractivity contribution in [3.8, 4) is 45.3 Å². The largest absolute Gasteiger partial charge is 0.456 e. The van der Waals surface area contributed by atoms with Crippen molar-refractivity contribution < 1.29 is 4.42 Å². The van der Waals surface area contributed by atoms with Gasteiger partial charge in [0.1, 0.15) is 11.2 Å². The van der Waals surface area contributed by atoms with Crippen LogP contribution in [0.25, 0.3) is 99.5 Å². The quantitative estimate of drug-likeness (QED) is 0.183. The van der Waals surface area contributed by atoms with Gasteiger partial charge in [-0.1, -0.05) is 133 Å². The zero-order valence-electron chi connectivity index (χ0n) is 26.3. The number of furan rings is 1. The van der Waals surface area contributed by atoms with Gasteiger partial charge in [-0.15, -0.1) is 0 Å². The highest BCUT2D eigenvalue weighted by Crippen LogP contribution is 2.42. The molecule has 0 aliphatic carbocycles. The molecule has 49 heavy (non-hydrogen) atoms. The summed E-state index contributed by atoms with van der Waals surface area (Å²) in [5, 5.41) is 9.13. The summed E-state index contributed by atoms with van der Waals surface area (Å²) < 4.78 is 6.58. The smallest absolute Gasteiger partial charge is 0.164 e. The molecule has 4 heteroatoms. The monoisotopic (exact) mass is 625 g/mol. The fourth-order valence-corrected chi connectivity index (χ4v) is 7.15. The fraction of sp³-hybridized carbons (Fsp3) is 0. The molecule has 0 saturated carbocycles. The van der Waals surface area contributed by atoms with Gasteiger partial charge in [-0.3, -0.25) is 0 Å². The lowest BCUT2D eigenvalue weighted by molar-refractivity contribution is 0.669. The molecule has 0 radical (unpaired) electrons. The zero-order chi connectivity index (χ0) is 32.3. The van der Waals surface area contributed by atoms with Crippen molar-refractivity contribution in [3.05, 3.63) is 164 Å². The van der Waals surface area contributed by atoms with Crippen molar-refractivity contribution in [2.45, 2.75) is 0 Å². The van der Waals surface area contributed by atoms with Crippen molar-refractivity contribution in [2.75, 3.05) is 0 Å². The Balaban J connectivity index is 1.29. The molecule has 0 fully saturated rings. The lowest BCUT2D eigenvalue weighted by atomic mass is 9.91. The third-order valence-electron chi connectivity index (χ3n) is 9.47. The van der Waals surface area contributed by atoms with Crippen molar-refractivity contribution in [1.82, 2.24) is 15.0 Å². The van der Waals surface area contributed by atoms with Crippen molar-refractivity contribution in [2.24, 2.45) is 0 Å². The summed E-state index contributed by atoms with van der Waals surface area (Å²) in [4.78, 5) is 15.5. The molecule has 0 amide bonds. The molecule has 0 spiro atoms. The predicted octanol–water partition coefficient (Wildman–Crippen LogP) is 11.9. The van der Waals surface area contributed by atoms with Crippen LogP contribution in [0.1, 0.15) is 0 Å². The first kappa shape index (κ1) is 27.5. The molecule has 0 unspecified atom stereocenters. The van der Waals surface area contributed by atoms with Crippen LogP contribution in [0.4, 0.5) is 0 Å². The summed E-state index contributed by atoms with van der Waals surface area (Å²) in [7, 11) is 0. The van der Waals surface area contributed by atoms with Crippen LogP contribution in [-0.2, 0) is 0 Å². The topological polar surface area (TPSA) is 51.8 Å². The fourth-order valence-electron chi connectivity index (χ4n) is 7.15. The predicted molar refractivity (Wildman–Crippen MR) is 201 cm³/mol. The summed E-state index contributed by atoms with van der Waals surface area (Å²) in [6.45, 7) is 0. The van der Waals surface area contributed by atoms with Gasteiger partial charge in [0.25, 0.3) is 0 Å². The third-order valence-corrected chi connectivity index (χ3v) is 9.47. The molecule has 10 aromatic rings. The van der Waals surface area contributed by atoms with Gasteiger partial charge in [-0.05, 0) is 73.8 Å². The van der Waals surface area contributed by atoms with E-state index in [4.69, 9.17) is 19.4 Å². The summed E-state index contributed by atoms with van der Waals surface area (Å²) in [6.07, 6.45) is 0. The van der Waals surface area contributed by atoms with Gasteiger partial charge in [0.15, 0.2) is 17.5 Å². The highest BCUT2D eigenvalue weighted by Gasteiger charge is 2.21. The summed E-state index contributed by atoms with van der Waals surface area (Å²) in [5.41, 5.74) is 6.55. The van der Waals surface area contributed by atoms with Crippen LogP contribution in [0.2, 0.25) is 0 Å². The highest BCUT2D eigenvalue weighted by molar-refractivity contribution is 6.17. The second-order valence-electron chi connectivity index (χ2n) is 12.4. The standard InChI is InChI=1S/C45H27N3O/c1-2-13-29(14-3-1)43-46-44(32-23-22-28-12-4-5-15-30(28)24-32)48-45(47-43)39-26-33(27-41-42(39)37-20-10-11-21-40(37)49-41)38-25-31-16-6-7-17-34(31)35-18-8-9-19-36(35)38/h1-27H. The summed E-state index contributed by atoms with van der Waals surface area (Å²) >= 11 is 0. The molecule has 0 aliphatic rings. The summed E-state index contributed by atoms with van der Waals surface area (Å²) in [5.74, 6) is 1.84. The Kier molecular flexibility index (Phi) is 6.15. The lowest BCUT2D eigenvalue weighted by Crippen LogP contribution is -2.00. The van der Waals surface area contributed by atoms with E-state index in [2.05, 4.69) is 121 Å². The molecule has 228 valence electrons. The van der Waals surface area contributed by atoms with Crippen LogP contribution in [0.15, 0.2) is 168 Å². The van der Waals surface area contributed by atoms with E-state index in [-0.39, 0.29) is 0 Å². The van der Waals surface area contributed by atoms with Crippen molar-refractivity contribution in [1.29, 1.82) is 0 Å². The van der Waals surface area contributed by atoms with Crippen molar-refractivity contribution >= 4 is 54.3 Å². The average Bonchev–Trinajstić information content (AvgIpc) is 3.56. The molecule has 0 atom stereocenters. The Morgan fingerprint density at radius 1 is 0.327 bits per heavy atom.